The maximum Gasteiger partial charge on any atom is 0.407 e. The lowest BCUT2D eigenvalue weighted by Gasteiger charge is -2.20. The molecule has 1 aromatic carbocycles. The molecule has 1 amide bonds. The van der Waals surface area contributed by atoms with Crippen molar-refractivity contribution in [3.8, 4) is 0 Å². The number of hydrogen-bond donors (Lipinski definition) is 2. The molecule has 1 aromatic heterocycles. The number of benzene rings is 1. The highest BCUT2D eigenvalue weighted by molar-refractivity contribution is 7.98. The van der Waals surface area contributed by atoms with Crippen molar-refractivity contribution in [1.82, 2.24) is 15.2 Å². The van der Waals surface area contributed by atoms with E-state index >= 15 is 0 Å². The number of rotatable bonds is 10. The van der Waals surface area contributed by atoms with Gasteiger partial charge in [-0.2, -0.15) is 11.8 Å². The van der Waals surface area contributed by atoms with Gasteiger partial charge in [0.15, 0.2) is 0 Å². The van der Waals surface area contributed by atoms with E-state index in [1.807, 2.05) is 30.3 Å². The fraction of sp³-hybridized carbons (Fsp3) is 0.500. The standard InChI is InChI=1S/C20H27N3O3S2/c24-12-18-7-4-9-23(18)11-19-22-17(15-28-19)14-27-10-8-21-20(25)26-13-16-5-2-1-3-6-16/h1-3,5-6,15,18,24H,4,7-14H2,(H,21,25). The van der Waals surface area contributed by atoms with E-state index in [4.69, 9.17) is 9.72 Å². The molecule has 0 spiro atoms. The summed E-state index contributed by atoms with van der Waals surface area (Å²) < 4.78 is 5.18. The summed E-state index contributed by atoms with van der Waals surface area (Å²) in [5.41, 5.74) is 2.06. The van der Waals surface area contributed by atoms with Crippen LogP contribution in [0.3, 0.4) is 0 Å². The van der Waals surface area contributed by atoms with Crippen LogP contribution in [0.1, 0.15) is 29.1 Å². The number of nitrogens with zero attached hydrogens (tertiary/aromatic N) is 2. The Morgan fingerprint density at radius 3 is 3.07 bits per heavy atom. The minimum atomic E-state index is -0.385. The molecule has 2 heterocycles. The Morgan fingerprint density at radius 1 is 1.39 bits per heavy atom. The molecule has 8 heteroatoms. The molecule has 0 radical (unpaired) electrons. The van der Waals surface area contributed by atoms with Gasteiger partial charge in [0.05, 0.1) is 18.8 Å². The summed E-state index contributed by atoms with van der Waals surface area (Å²) in [5, 5.41) is 15.4. The van der Waals surface area contributed by atoms with Crippen molar-refractivity contribution < 1.29 is 14.6 Å². The summed E-state index contributed by atoms with van der Waals surface area (Å²) in [6.45, 7) is 2.96. The summed E-state index contributed by atoms with van der Waals surface area (Å²) >= 11 is 3.43. The number of alkyl carbamates (subject to hydrolysis) is 1. The van der Waals surface area contributed by atoms with Gasteiger partial charge >= 0.3 is 6.09 Å². The molecule has 28 heavy (non-hydrogen) atoms. The third-order valence-electron chi connectivity index (χ3n) is 4.63. The van der Waals surface area contributed by atoms with E-state index in [1.54, 1.807) is 23.1 Å². The monoisotopic (exact) mass is 421 g/mol. The molecule has 0 bridgehead atoms. The second-order valence-corrected chi connectivity index (χ2v) is 8.77. The van der Waals surface area contributed by atoms with Gasteiger partial charge in [0.1, 0.15) is 11.6 Å². The quantitative estimate of drug-likeness (QED) is 0.574. The van der Waals surface area contributed by atoms with Crippen molar-refractivity contribution in [3.05, 3.63) is 52.0 Å². The van der Waals surface area contributed by atoms with Crippen molar-refractivity contribution in [2.45, 2.75) is 37.8 Å². The minimum absolute atomic E-state index is 0.231. The maximum atomic E-state index is 11.7. The number of likely N-dealkylation sites (tertiary alicyclic amines) is 1. The molecule has 2 N–H and O–H groups in total. The molecular formula is C20H27N3O3S2. The molecule has 0 saturated carbocycles. The van der Waals surface area contributed by atoms with Gasteiger partial charge < -0.3 is 15.2 Å². The lowest BCUT2D eigenvalue weighted by molar-refractivity contribution is 0.140. The molecule has 1 aliphatic heterocycles. The third-order valence-corrected chi connectivity index (χ3v) is 6.50. The van der Waals surface area contributed by atoms with Crippen molar-refractivity contribution in [2.75, 3.05) is 25.4 Å². The van der Waals surface area contributed by atoms with Gasteiger partial charge in [-0.25, -0.2) is 9.78 Å². The summed E-state index contributed by atoms with van der Waals surface area (Å²) in [5.74, 6) is 1.65. The molecule has 1 unspecified atom stereocenters. The van der Waals surface area contributed by atoms with E-state index in [1.165, 1.54) is 0 Å². The first-order valence-corrected chi connectivity index (χ1v) is 11.6. The smallest absolute Gasteiger partial charge is 0.407 e. The SMILES string of the molecule is O=C(NCCSCc1csc(CN2CCCC2CO)n1)OCc1ccccc1. The van der Waals surface area contributed by atoms with Crippen molar-refractivity contribution in [1.29, 1.82) is 0 Å². The zero-order chi connectivity index (χ0) is 19.6. The summed E-state index contributed by atoms with van der Waals surface area (Å²) in [6, 6.07) is 9.93. The number of aromatic nitrogens is 1. The number of carbonyl (C=O) groups excluding carboxylic acids is 1. The summed E-state index contributed by atoms with van der Waals surface area (Å²) in [7, 11) is 0. The fourth-order valence-electron chi connectivity index (χ4n) is 3.15. The van der Waals surface area contributed by atoms with Crippen LogP contribution in [0.25, 0.3) is 0 Å². The van der Waals surface area contributed by atoms with Crippen LogP contribution >= 0.6 is 23.1 Å². The number of amides is 1. The van der Waals surface area contributed by atoms with Gasteiger partial charge in [0.25, 0.3) is 0 Å². The van der Waals surface area contributed by atoms with E-state index in [0.717, 1.165) is 53.7 Å². The molecule has 152 valence electrons. The number of ether oxygens (including phenoxy) is 1. The number of thioether (sulfide) groups is 1. The van der Waals surface area contributed by atoms with Gasteiger partial charge in [0, 0.05) is 29.5 Å². The Hall–Kier alpha value is -1.61. The van der Waals surface area contributed by atoms with E-state index in [9.17, 15) is 9.90 Å². The highest BCUT2D eigenvalue weighted by Gasteiger charge is 2.24. The Labute approximate surface area is 174 Å². The lowest BCUT2D eigenvalue weighted by atomic mass is 10.2. The topological polar surface area (TPSA) is 74.7 Å². The van der Waals surface area contributed by atoms with Crippen LogP contribution in [-0.2, 0) is 23.6 Å². The molecule has 3 rings (SSSR count). The second kappa shape index (κ2) is 11.4. The average Bonchev–Trinajstić information content (AvgIpc) is 3.36. The zero-order valence-electron chi connectivity index (χ0n) is 15.9. The first kappa shape index (κ1) is 21.1. The van der Waals surface area contributed by atoms with Gasteiger partial charge in [0.2, 0.25) is 0 Å². The van der Waals surface area contributed by atoms with Crippen LogP contribution in [0.5, 0.6) is 0 Å². The molecule has 1 aliphatic rings. The first-order chi connectivity index (χ1) is 13.7. The minimum Gasteiger partial charge on any atom is -0.445 e. The lowest BCUT2D eigenvalue weighted by Crippen LogP contribution is -2.31. The molecule has 1 atom stereocenters. The molecule has 6 nitrogen and oxygen atoms in total. The largest absolute Gasteiger partial charge is 0.445 e. The molecule has 0 aliphatic carbocycles. The molecule has 1 fully saturated rings. The summed E-state index contributed by atoms with van der Waals surface area (Å²) in [4.78, 5) is 18.7. The maximum absolute atomic E-state index is 11.7. The van der Waals surface area contributed by atoms with Crippen molar-refractivity contribution in [2.24, 2.45) is 0 Å². The molecule has 1 saturated heterocycles. The Bertz CT molecular complexity index is 726. The van der Waals surface area contributed by atoms with Crippen LogP contribution < -0.4 is 5.32 Å². The highest BCUT2D eigenvalue weighted by atomic mass is 32.2. The van der Waals surface area contributed by atoms with Gasteiger partial charge in [-0.15, -0.1) is 11.3 Å². The van der Waals surface area contributed by atoms with Crippen molar-refractivity contribution >= 4 is 29.2 Å². The highest BCUT2D eigenvalue weighted by Crippen LogP contribution is 2.22. The summed E-state index contributed by atoms with van der Waals surface area (Å²) in [6.07, 6.45) is 1.84. The van der Waals surface area contributed by atoms with Gasteiger partial charge in [-0.1, -0.05) is 30.3 Å². The van der Waals surface area contributed by atoms with E-state index < -0.39 is 0 Å². The number of hydrogen-bond acceptors (Lipinski definition) is 7. The molecule has 2 aromatic rings. The average molecular weight is 422 g/mol. The van der Waals surface area contributed by atoms with E-state index in [0.29, 0.717) is 6.54 Å². The number of nitrogens with one attached hydrogen (secondary N) is 1. The van der Waals surface area contributed by atoms with Crippen LogP contribution in [0, 0.1) is 0 Å². The van der Waals surface area contributed by atoms with Gasteiger partial charge in [-0.3, -0.25) is 4.90 Å². The first-order valence-electron chi connectivity index (χ1n) is 9.55. The number of aliphatic hydroxyl groups is 1. The predicted octanol–water partition coefficient (Wildman–Crippen LogP) is 3.26. The fourth-order valence-corrected chi connectivity index (χ4v) is 4.82. The molecular weight excluding hydrogens is 394 g/mol. The number of carbonyl (C=O) groups is 1. The third kappa shape index (κ3) is 6.77. The Balaban J connectivity index is 1.27. The normalized spacial score (nSPS) is 17.0. The number of aliphatic hydroxyl groups excluding tert-OH is 1. The van der Waals surface area contributed by atoms with Crippen LogP contribution in [0.15, 0.2) is 35.7 Å². The second-order valence-electron chi connectivity index (χ2n) is 6.72. The Morgan fingerprint density at radius 2 is 2.25 bits per heavy atom. The number of thiazole rings is 1. The van der Waals surface area contributed by atoms with Crippen LogP contribution in [0.4, 0.5) is 4.79 Å². The van der Waals surface area contributed by atoms with Crippen molar-refractivity contribution in [3.63, 3.8) is 0 Å². The van der Waals surface area contributed by atoms with Gasteiger partial charge in [-0.05, 0) is 24.9 Å². The Kier molecular flexibility index (Phi) is 8.60. The van der Waals surface area contributed by atoms with E-state index in [-0.39, 0.29) is 25.3 Å². The van der Waals surface area contributed by atoms with Crippen LogP contribution in [0.2, 0.25) is 0 Å². The zero-order valence-corrected chi connectivity index (χ0v) is 17.5. The van der Waals surface area contributed by atoms with E-state index in [2.05, 4.69) is 15.6 Å². The van der Waals surface area contributed by atoms with Crippen LogP contribution in [-0.4, -0.2) is 52.6 Å². The predicted molar refractivity (Wildman–Crippen MR) is 113 cm³/mol.